The molecule has 152 valence electrons. The molecule has 0 saturated carbocycles. The number of anilines is 2. The van der Waals surface area contributed by atoms with Gasteiger partial charge in [0.15, 0.2) is 0 Å². The van der Waals surface area contributed by atoms with Crippen molar-refractivity contribution in [2.75, 3.05) is 11.4 Å². The first-order chi connectivity index (χ1) is 13.4. The van der Waals surface area contributed by atoms with Gasteiger partial charge in [0.2, 0.25) is 0 Å². The van der Waals surface area contributed by atoms with Crippen LogP contribution in [-0.4, -0.2) is 24.8 Å². The van der Waals surface area contributed by atoms with Gasteiger partial charge >= 0.3 is 29.6 Å². The minimum Gasteiger partial charge on any atom is -0.748 e. The first-order valence-electron chi connectivity index (χ1n) is 10.0. The van der Waals surface area contributed by atoms with Crippen molar-refractivity contribution in [2.24, 2.45) is 0 Å². The summed E-state index contributed by atoms with van der Waals surface area (Å²) in [5.74, 6) is 0. The smallest absolute Gasteiger partial charge is 0.748 e. The summed E-state index contributed by atoms with van der Waals surface area (Å²) >= 11 is 1.75. The summed E-state index contributed by atoms with van der Waals surface area (Å²) in [7, 11) is -4.27. The van der Waals surface area contributed by atoms with Crippen LogP contribution in [0.5, 0.6) is 0 Å². The van der Waals surface area contributed by atoms with Gasteiger partial charge in [-0.25, -0.2) is 8.42 Å². The molecular formula is C22H28NNaO3S2. The molecule has 2 aromatic carbocycles. The number of aryl methyl sites for hydroxylation is 1. The number of fused-ring (bicyclic) bond motifs is 2. The van der Waals surface area contributed by atoms with E-state index in [4.69, 9.17) is 0 Å². The Kier molecular flexibility index (Phi) is 9.58. The zero-order chi connectivity index (χ0) is 20.1. The molecule has 0 spiro atoms. The van der Waals surface area contributed by atoms with Crippen LogP contribution in [0.1, 0.15) is 51.5 Å². The minimum atomic E-state index is -4.27. The van der Waals surface area contributed by atoms with Crippen LogP contribution in [-0.2, 0) is 16.5 Å². The van der Waals surface area contributed by atoms with Crippen molar-refractivity contribution >= 4 is 33.3 Å². The standard InChI is InChI=1S/C22H29NO3S2.Na/c1-3-4-5-6-9-18-12-13-22-20(16-18)23(15-14-17(2)28(24,25)26)19-10-7-8-11-21(19)27-22;/h7-8,10-13,16-17H,3-6,9,14-15H2,1-2H3,(H,24,25,26);/q;+1/p-1. The molecule has 3 rings (SSSR count). The third kappa shape index (κ3) is 6.49. The van der Waals surface area contributed by atoms with Gasteiger partial charge in [-0.2, -0.15) is 0 Å². The number of nitrogens with zero attached hydrogens (tertiary/aromatic N) is 1. The van der Waals surface area contributed by atoms with E-state index in [0.717, 1.165) is 22.7 Å². The van der Waals surface area contributed by atoms with Gasteiger partial charge in [-0.3, -0.25) is 0 Å². The molecule has 0 amide bonds. The number of hydrogen-bond donors (Lipinski definition) is 0. The topological polar surface area (TPSA) is 60.4 Å². The molecule has 1 aliphatic rings. The van der Waals surface area contributed by atoms with Gasteiger partial charge in [0, 0.05) is 21.6 Å². The van der Waals surface area contributed by atoms with Crippen molar-refractivity contribution in [3.8, 4) is 0 Å². The number of unbranched alkanes of at least 4 members (excludes halogenated alkanes) is 3. The Morgan fingerprint density at radius 3 is 2.48 bits per heavy atom. The van der Waals surface area contributed by atoms with Crippen LogP contribution < -0.4 is 34.5 Å². The van der Waals surface area contributed by atoms with E-state index in [9.17, 15) is 13.0 Å². The molecule has 1 heterocycles. The van der Waals surface area contributed by atoms with E-state index in [1.165, 1.54) is 43.1 Å². The summed E-state index contributed by atoms with van der Waals surface area (Å²) < 4.78 is 34.0. The van der Waals surface area contributed by atoms with Crippen molar-refractivity contribution in [2.45, 2.75) is 67.4 Å². The van der Waals surface area contributed by atoms with Crippen molar-refractivity contribution in [1.82, 2.24) is 0 Å². The van der Waals surface area contributed by atoms with Crippen LogP contribution in [0.2, 0.25) is 0 Å². The van der Waals surface area contributed by atoms with E-state index in [-0.39, 0.29) is 29.6 Å². The molecule has 2 aromatic rings. The molecule has 0 saturated heterocycles. The number of hydrogen-bond acceptors (Lipinski definition) is 5. The molecule has 4 nitrogen and oxygen atoms in total. The fourth-order valence-electron chi connectivity index (χ4n) is 3.48. The van der Waals surface area contributed by atoms with E-state index in [0.29, 0.717) is 13.0 Å². The van der Waals surface area contributed by atoms with Crippen LogP contribution >= 0.6 is 11.8 Å². The van der Waals surface area contributed by atoms with Crippen LogP contribution in [0.15, 0.2) is 52.3 Å². The van der Waals surface area contributed by atoms with E-state index < -0.39 is 15.4 Å². The van der Waals surface area contributed by atoms with Crippen molar-refractivity contribution < 1.29 is 42.5 Å². The third-order valence-corrected chi connectivity index (χ3v) is 7.61. The third-order valence-electron chi connectivity index (χ3n) is 5.26. The molecule has 0 aliphatic carbocycles. The number of para-hydroxylation sites is 1. The number of benzene rings is 2. The average molecular weight is 442 g/mol. The van der Waals surface area contributed by atoms with Gasteiger partial charge in [0.25, 0.3) is 0 Å². The van der Waals surface area contributed by atoms with E-state index >= 15 is 0 Å². The molecule has 0 bridgehead atoms. The van der Waals surface area contributed by atoms with Gasteiger partial charge in [-0.1, -0.05) is 56.1 Å². The fourth-order valence-corrected chi connectivity index (χ4v) is 4.95. The molecule has 29 heavy (non-hydrogen) atoms. The average Bonchev–Trinajstić information content (AvgIpc) is 2.67. The second kappa shape index (κ2) is 11.2. The molecule has 1 aliphatic heterocycles. The van der Waals surface area contributed by atoms with E-state index in [1.54, 1.807) is 11.8 Å². The van der Waals surface area contributed by atoms with Gasteiger partial charge in [0.1, 0.15) is 0 Å². The Morgan fingerprint density at radius 1 is 1.03 bits per heavy atom. The van der Waals surface area contributed by atoms with E-state index in [2.05, 4.69) is 42.2 Å². The van der Waals surface area contributed by atoms with Crippen molar-refractivity contribution in [3.05, 3.63) is 48.0 Å². The maximum atomic E-state index is 11.3. The van der Waals surface area contributed by atoms with Gasteiger partial charge < -0.3 is 9.45 Å². The summed E-state index contributed by atoms with van der Waals surface area (Å²) in [6.07, 6.45) is 6.29. The minimum absolute atomic E-state index is 0. The van der Waals surface area contributed by atoms with Crippen LogP contribution in [0, 0.1) is 0 Å². The largest absolute Gasteiger partial charge is 1.00 e. The Bertz CT molecular complexity index is 918. The molecule has 1 atom stereocenters. The molecule has 7 heteroatoms. The quantitative estimate of drug-likeness (QED) is 0.340. The second-order valence-corrected chi connectivity index (χ2v) is 10.3. The molecule has 0 N–H and O–H groups in total. The summed E-state index contributed by atoms with van der Waals surface area (Å²) in [6, 6.07) is 14.8. The summed E-state index contributed by atoms with van der Waals surface area (Å²) in [5.41, 5.74) is 3.51. The Balaban J connectivity index is 0.00000300. The molecule has 0 radical (unpaired) electrons. The van der Waals surface area contributed by atoms with Gasteiger partial charge in [-0.15, -0.1) is 0 Å². The zero-order valence-corrected chi connectivity index (χ0v) is 21.2. The Hall–Kier alpha value is -0.500. The maximum Gasteiger partial charge on any atom is 1.00 e. The van der Waals surface area contributed by atoms with Crippen LogP contribution in [0.4, 0.5) is 11.4 Å². The van der Waals surface area contributed by atoms with Crippen LogP contribution in [0.3, 0.4) is 0 Å². The number of rotatable bonds is 9. The summed E-state index contributed by atoms with van der Waals surface area (Å²) in [6.45, 7) is 4.22. The first-order valence-corrected chi connectivity index (χ1v) is 12.3. The summed E-state index contributed by atoms with van der Waals surface area (Å²) in [5, 5.41) is -0.894. The fraction of sp³-hybridized carbons (Fsp3) is 0.455. The monoisotopic (exact) mass is 441 g/mol. The van der Waals surface area contributed by atoms with Gasteiger partial charge in [-0.05, 0) is 56.0 Å². The molecule has 1 unspecified atom stereocenters. The first kappa shape index (κ1) is 24.8. The summed E-state index contributed by atoms with van der Waals surface area (Å²) in [4.78, 5) is 4.51. The maximum absolute atomic E-state index is 11.3. The Labute approximate surface area is 201 Å². The van der Waals surface area contributed by atoms with Crippen molar-refractivity contribution in [3.63, 3.8) is 0 Å². The predicted octanol–water partition coefficient (Wildman–Crippen LogP) is 2.74. The normalized spacial score (nSPS) is 14.0. The second-order valence-electron chi connectivity index (χ2n) is 7.43. The van der Waals surface area contributed by atoms with Crippen molar-refractivity contribution in [1.29, 1.82) is 0 Å². The molecule has 0 aromatic heterocycles. The van der Waals surface area contributed by atoms with Gasteiger partial charge in [0.05, 0.1) is 21.5 Å². The Morgan fingerprint density at radius 2 is 1.76 bits per heavy atom. The van der Waals surface area contributed by atoms with E-state index in [1.807, 2.05) is 12.1 Å². The SMILES string of the molecule is CCCCCCc1ccc2c(c1)N(CCC(C)S(=O)(=O)[O-])c1ccccc1S2.[Na+]. The zero-order valence-electron chi connectivity index (χ0n) is 17.6. The predicted molar refractivity (Wildman–Crippen MR) is 116 cm³/mol. The molecule has 0 fully saturated rings. The molecular weight excluding hydrogens is 413 g/mol. The van der Waals surface area contributed by atoms with Crippen LogP contribution in [0.25, 0.3) is 0 Å².